The second kappa shape index (κ2) is 8.27. The zero-order chi connectivity index (χ0) is 19.3. The zero-order valence-corrected chi connectivity index (χ0v) is 15.1. The standard InChI is InChI=1S/C18H18F2O5S/c1-12-4-3-5-13(2)16(12)24-10-11-25-17(21)14-6-8-15(9-7-14)26(22,23)18(19)20/h3-9,18H,10-11H2,1-2H3. The number of aryl methyl sites for hydroxylation is 2. The van der Waals surface area contributed by atoms with Gasteiger partial charge in [-0.15, -0.1) is 0 Å². The molecule has 0 unspecified atom stereocenters. The van der Waals surface area contributed by atoms with E-state index in [0.717, 1.165) is 41.1 Å². The molecule has 2 aromatic rings. The van der Waals surface area contributed by atoms with Crippen LogP contribution in [0.1, 0.15) is 21.5 Å². The maximum absolute atomic E-state index is 12.5. The number of rotatable bonds is 7. The van der Waals surface area contributed by atoms with E-state index in [2.05, 4.69) is 0 Å². The molecular formula is C18H18F2O5S. The Morgan fingerprint density at radius 1 is 1.00 bits per heavy atom. The minimum Gasteiger partial charge on any atom is -0.489 e. The van der Waals surface area contributed by atoms with E-state index < -0.39 is 26.5 Å². The zero-order valence-electron chi connectivity index (χ0n) is 14.2. The van der Waals surface area contributed by atoms with Crippen molar-refractivity contribution in [2.75, 3.05) is 13.2 Å². The fraction of sp³-hybridized carbons (Fsp3) is 0.278. The number of ether oxygens (including phenoxy) is 2. The summed E-state index contributed by atoms with van der Waals surface area (Å²) in [5.41, 5.74) is 1.99. The highest BCUT2D eigenvalue weighted by molar-refractivity contribution is 7.91. The number of sulfone groups is 1. The first-order chi connectivity index (χ1) is 12.2. The van der Waals surface area contributed by atoms with Crippen molar-refractivity contribution >= 4 is 15.8 Å². The third-order valence-electron chi connectivity index (χ3n) is 3.62. The van der Waals surface area contributed by atoms with E-state index in [-0.39, 0.29) is 18.8 Å². The summed E-state index contributed by atoms with van der Waals surface area (Å²) in [5, 5.41) is 0. The molecule has 26 heavy (non-hydrogen) atoms. The van der Waals surface area contributed by atoms with E-state index in [1.807, 2.05) is 32.0 Å². The highest BCUT2D eigenvalue weighted by Gasteiger charge is 2.26. The first-order valence-corrected chi connectivity index (χ1v) is 9.26. The summed E-state index contributed by atoms with van der Waals surface area (Å²) in [5.74, 6) is -3.48. The fourth-order valence-corrected chi connectivity index (χ4v) is 2.99. The van der Waals surface area contributed by atoms with Crippen molar-refractivity contribution in [3.05, 3.63) is 59.2 Å². The molecule has 0 spiro atoms. The van der Waals surface area contributed by atoms with Crippen LogP contribution < -0.4 is 4.74 Å². The van der Waals surface area contributed by atoms with Gasteiger partial charge in [0.2, 0.25) is 9.84 Å². The van der Waals surface area contributed by atoms with Crippen molar-refractivity contribution in [3.8, 4) is 5.75 Å². The van der Waals surface area contributed by atoms with Crippen molar-refractivity contribution < 1.29 is 31.5 Å². The SMILES string of the molecule is Cc1cccc(C)c1OCCOC(=O)c1ccc(S(=O)(=O)C(F)F)cc1. The summed E-state index contributed by atoms with van der Waals surface area (Å²) in [4.78, 5) is 11.4. The molecule has 0 fully saturated rings. The average Bonchev–Trinajstić information content (AvgIpc) is 2.60. The monoisotopic (exact) mass is 384 g/mol. The van der Waals surface area contributed by atoms with E-state index in [0.29, 0.717) is 0 Å². The number of benzene rings is 2. The molecule has 0 atom stereocenters. The van der Waals surface area contributed by atoms with Crippen molar-refractivity contribution in [1.29, 1.82) is 0 Å². The molecule has 0 saturated heterocycles. The van der Waals surface area contributed by atoms with Gasteiger partial charge in [-0.05, 0) is 49.2 Å². The maximum Gasteiger partial charge on any atom is 0.341 e. The molecule has 140 valence electrons. The Bertz CT molecular complexity index is 857. The minimum absolute atomic E-state index is 0.0102. The molecule has 0 saturated carbocycles. The van der Waals surface area contributed by atoms with Gasteiger partial charge in [0.25, 0.3) is 0 Å². The van der Waals surface area contributed by atoms with E-state index in [4.69, 9.17) is 9.47 Å². The van der Waals surface area contributed by atoms with E-state index in [1.165, 1.54) is 0 Å². The number of carbonyl (C=O) groups is 1. The molecule has 8 heteroatoms. The van der Waals surface area contributed by atoms with Gasteiger partial charge in [-0.3, -0.25) is 0 Å². The molecule has 2 rings (SSSR count). The van der Waals surface area contributed by atoms with Gasteiger partial charge in [-0.1, -0.05) is 18.2 Å². The topological polar surface area (TPSA) is 69.7 Å². The molecule has 5 nitrogen and oxygen atoms in total. The van der Waals surface area contributed by atoms with Gasteiger partial charge < -0.3 is 9.47 Å². The van der Waals surface area contributed by atoms with Crippen LogP contribution in [0.2, 0.25) is 0 Å². The number of carbonyl (C=O) groups excluding carboxylic acids is 1. The summed E-state index contributed by atoms with van der Waals surface area (Å²) in [6, 6.07) is 9.88. The number of halogens is 2. The van der Waals surface area contributed by atoms with Crippen LogP contribution in [0.5, 0.6) is 5.75 Å². The Morgan fingerprint density at radius 2 is 1.58 bits per heavy atom. The Morgan fingerprint density at radius 3 is 2.12 bits per heavy atom. The van der Waals surface area contributed by atoms with Gasteiger partial charge in [0.15, 0.2) is 0 Å². The molecular weight excluding hydrogens is 366 g/mol. The van der Waals surface area contributed by atoms with Gasteiger partial charge in [-0.2, -0.15) is 8.78 Å². The first kappa shape index (κ1) is 19.8. The predicted molar refractivity (Wildman–Crippen MR) is 91.3 cm³/mol. The number of para-hydroxylation sites is 1. The number of esters is 1. The van der Waals surface area contributed by atoms with Crippen LogP contribution in [0.25, 0.3) is 0 Å². The van der Waals surface area contributed by atoms with Crippen LogP contribution in [-0.4, -0.2) is 33.4 Å². The van der Waals surface area contributed by atoms with Gasteiger partial charge in [0, 0.05) is 0 Å². The normalized spacial score (nSPS) is 11.4. The van der Waals surface area contributed by atoms with E-state index in [1.54, 1.807) is 0 Å². The molecule has 0 bridgehead atoms. The Labute approximate surface area is 150 Å². The molecule has 0 radical (unpaired) electrons. The highest BCUT2D eigenvalue weighted by Crippen LogP contribution is 2.22. The molecule has 0 N–H and O–H groups in total. The quantitative estimate of drug-likeness (QED) is 0.540. The summed E-state index contributed by atoms with van der Waals surface area (Å²) in [6.45, 7) is 3.95. The lowest BCUT2D eigenvalue weighted by molar-refractivity contribution is 0.0449. The third kappa shape index (κ3) is 4.57. The smallest absolute Gasteiger partial charge is 0.341 e. The third-order valence-corrected chi connectivity index (χ3v) is 5.02. The molecule has 0 aliphatic heterocycles. The predicted octanol–water partition coefficient (Wildman–Crippen LogP) is 3.54. The van der Waals surface area contributed by atoms with Crippen LogP contribution in [0.3, 0.4) is 0 Å². The van der Waals surface area contributed by atoms with Crippen molar-refractivity contribution in [2.45, 2.75) is 24.5 Å². The summed E-state index contributed by atoms with van der Waals surface area (Å²) >= 11 is 0. The second-order valence-electron chi connectivity index (χ2n) is 5.54. The lowest BCUT2D eigenvalue weighted by Crippen LogP contribution is -2.14. The van der Waals surface area contributed by atoms with Crippen LogP contribution in [0.4, 0.5) is 8.78 Å². The van der Waals surface area contributed by atoms with Gasteiger partial charge in [0.1, 0.15) is 19.0 Å². The number of hydrogen-bond acceptors (Lipinski definition) is 5. The summed E-state index contributed by atoms with van der Waals surface area (Å²) in [6.07, 6.45) is 0. The number of alkyl halides is 2. The highest BCUT2D eigenvalue weighted by atomic mass is 32.2. The van der Waals surface area contributed by atoms with Crippen LogP contribution in [0, 0.1) is 13.8 Å². The molecule has 0 heterocycles. The Balaban J connectivity index is 1.90. The molecule has 0 aliphatic carbocycles. The van der Waals surface area contributed by atoms with Gasteiger partial charge >= 0.3 is 11.7 Å². The van der Waals surface area contributed by atoms with Crippen LogP contribution >= 0.6 is 0 Å². The molecule has 0 aromatic heterocycles. The summed E-state index contributed by atoms with van der Waals surface area (Å²) < 4.78 is 58.2. The van der Waals surface area contributed by atoms with Crippen molar-refractivity contribution in [2.24, 2.45) is 0 Å². The summed E-state index contributed by atoms with van der Waals surface area (Å²) in [7, 11) is -4.68. The van der Waals surface area contributed by atoms with Gasteiger partial charge in [-0.25, -0.2) is 13.2 Å². The van der Waals surface area contributed by atoms with E-state index >= 15 is 0 Å². The number of hydrogen-bond donors (Lipinski definition) is 0. The first-order valence-electron chi connectivity index (χ1n) is 7.71. The minimum atomic E-state index is -4.68. The Kier molecular flexibility index (Phi) is 6.31. The van der Waals surface area contributed by atoms with Crippen LogP contribution in [0.15, 0.2) is 47.4 Å². The Hall–Kier alpha value is -2.48. The molecule has 0 amide bonds. The average molecular weight is 384 g/mol. The maximum atomic E-state index is 12.5. The van der Waals surface area contributed by atoms with E-state index in [9.17, 15) is 22.0 Å². The largest absolute Gasteiger partial charge is 0.489 e. The lowest BCUT2D eigenvalue weighted by Gasteiger charge is -2.12. The van der Waals surface area contributed by atoms with Crippen LogP contribution in [-0.2, 0) is 14.6 Å². The van der Waals surface area contributed by atoms with Gasteiger partial charge in [0.05, 0.1) is 10.5 Å². The van der Waals surface area contributed by atoms with Crippen molar-refractivity contribution in [1.82, 2.24) is 0 Å². The molecule has 0 aliphatic rings. The molecule has 2 aromatic carbocycles. The lowest BCUT2D eigenvalue weighted by atomic mass is 10.1. The second-order valence-corrected chi connectivity index (χ2v) is 7.45. The van der Waals surface area contributed by atoms with Crippen molar-refractivity contribution in [3.63, 3.8) is 0 Å². The fourth-order valence-electron chi connectivity index (χ4n) is 2.27.